The Bertz CT molecular complexity index is 391. The standard InChI is InChI=1S/C15H23BrO3/c1-5-18-14-10-12(11-16)6-7-13(14)19-9-8-15(2,3)17-4/h6-7,10H,5,8-9,11H2,1-4H3. The Morgan fingerprint density at radius 3 is 2.47 bits per heavy atom. The summed E-state index contributed by atoms with van der Waals surface area (Å²) >= 11 is 3.44. The van der Waals surface area contributed by atoms with Crippen LogP contribution in [0.5, 0.6) is 11.5 Å². The molecule has 0 aromatic heterocycles. The van der Waals surface area contributed by atoms with Crippen molar-refractivity contribution in [2.24, 2.45) is 0 Å². The average Bonchev–Trinajstić information content (AvgIpc) is 2.40. The summed E-state index contributed by atoms with van der Waals surface area (Å²) in [5.41, 5.74) is 1.01. The summed E-state index contributed by atoms with van der Waals surface area (Å²) in [6.45, 7) is 7.31. The first-order valence-corrected chi connectivity index (χ1v) is 7.64. The molecule has 1 aromatic carbocycles. The van der Waals surface area contributed by atoms with Gasteiger partial charge in [0.1, 0.15) is 0 Å². The van der Waals surface area contributed by atoms with Gasteiger partial charge in [-0.05, 0) is 38.5 Å². The minimum absolute atomic E-state index is 0.165. The number of ether oxygens (including phenoxy) is 3. The van der Waals surface area contributed by atoms with E-state index in [4.69, 9.17) is 14.2 Å². The zero-order valence-electron chi connectivity index (χ0n) is 12.2. The zero-order chi connectivity index (χ0) is 14.3. The number of benzene rings is 1. The van der Waals surface area contributed by atoms with E-state index < -0.39 is 0 Å². The maximum atomic E-state index is 5.81. The Labute approximate surface area is 124 Å². The molecule has 0 aliphatic carbocycles. The van der Waals surface area contributed by atoms with Crippen molar-refractivity contribution in [2.45, 2.75) is 38.1 Å². The lowest BCUT2D eigenvalue weighted by atomic mass is 10.1. The van der Waals surface area contributed by atoms with E-state index in [9.17, 15) is 0 Å². The van der Waals surface area contributed by atoms with E-state index in [1.165, 1.54) is 5.56 Å². The molecule has 108 valence electrons. The van der Waals surface area contributed by atoms with E-state index in [1.807, 2.05) is 39.0 Å². The van der Waals surface area contributed by atoms with E-state index in [0.29, 0.717) is 13.2 Å². The van der Waals surface area contributed by atoms with E-state index in [1.54, 1.807) is 7.11 Å². The summed E-state index contributed by atoms with van der Waals surface area (Å²) in [5, 5.41) is 0.810. The highest BCUT2D eigenvalue weighted by molar-refractivity contribution is 9.08. The highest BCUT2D eigenvalue weighted by atomic mass is 79.9. The largest absolute Gasteiger partial charge is 0.490 e. The fourth-order valence-corrected chi connectivity index (χ4v) is 1.88. The van der Waals surface area contributed by atoms with Crippen LogP contribution >= 0.6 is 15.9 Å². The van der Waals surface area contributed by atoms with E-state index in [2.05, 4.69) is 15.9 Å². The van der Waals surface area contributed by atoms with E-state index in [0.717, 1.165) is 23.2 Å². The monoisotopic (exact) mass is 330 g/mol. The molecule has 0 N–H and O–H groups in total. The molecule has 0 amide bonds. The maximum absolute atomic E-state index is 5.81. The normalized spacial score (nSPS) is 11.4. The van der Waals surface area contributed by atoms with Crippen LogP contribution in [0.4, 0.5) is 0 Å². The van der Waals surface area contributed by atoms with Crippen molar-refractivity contribution in [3.63, 3.8) is 0 Å². The number of rotatable bonds is 8. The molecule has 4 heteroatoms. The molecule has 0 unspecified atom stereocenters. The molecule has 0 heterocycles. The van der Waals surface area contributed by atoms with Gasteiger partial charge >= 0.3 is 0 Å². The summed E-state index contributed by atoms with van der Waals surface area (Å²) in [6.07, 6.45) is 0.829. The van der Waals surface area contributed by atoms with Crippen molar-refractivity contribution >= 4 is 15.9 Å². The molecule has 0 fully saturated rings. The minimum Gasteiger partial charge on any atom is -0.490 e. The van der Waals surface area contributed by atoms with E-state index >= 15 is 0 Å². The van der Waals surface area contributed by atoms with Crippen molar-refractivity contribution in [1.29, 1.82) is 0 Å². The van der Waals surface area contributed by atoms with Gasteiger partial charge in [0, 0.05) is 18.9 Å². The van der Waals surface area contributed by atoms with Crippen molar-refractivity contribution in [1.82, 2.24) is 0 Å². The first-order valence-electron chi connectivity index (χ1n) is 6.52. The first-order chi connectivity index (χ1) is 9.02. The molecular weight excluding hydrogens is 308 g/mol. The summed E-state index contributed by atoms with van der Waals surface area (Å²) in [7, 11) is 1.72. The van der Waals surface area contributed by atoms with Gasteiger partial charge in [0.25, 0.3) is 0 Å². The number of halogens is 1. The van der Waals surface area contributed by atoms with Gasteiger partial charge in [0.15, 0.2) is 11.5 Å². The second-order valence-corrected chi connectivity index (χ2v) is 5.47. The van der Waals surface area contributed by atoms with Crippen LogP contribution < -0.4 is 9.47 Å². The van der Waals surface area contributed by atoms with Gasteiger partial charge in [0.2, 0.25) is 0 Å². The van der Waals surface area contributed by atoms with Crippen LogP contribution in [0, 0.1) is 0 Å². The molecule has 0 aliphatic heterocycles. The highest BCUT2D eigenvalue weighted by Crippen LogP contribution is 2.29. The molecule has 3 nitrogen and oxygen atoms in total. The zero-order valence-corrected chi connectivity index (χ0v) is 13.7. The van der Waals surface area contributed by atoms with Gasteiger partial charge in [-0.3, -0.25) is 0 Å². The van der Waals surface area contributed by atoms with Gasteiger partial charge in [-0.15, -0.1) is 0 Å². The molecule has 1 rings (SSSR count). The lowest BCUT2D eigenvalue weighted by Gasteiger charge is -2.23. The fraction of sp³-hybridized carbons (Fsp3) is 0.600. The van der Waals surface area contributed by atoms with Crippen LogP contribution in [0.25, 0.3) is 0 Å². The first kappa shape index (κ1) is 16.3. The summed E-state index contributed by atoms with van der Waals surface area (Å²) in [4.78, 5) is 0. The van der Waals surface area contributed by atoms with Gasteiger partial charge in [-0.1, -0.05) is 22.0 Å². The van der Waals surface area contributed by atoms with Crippen molar-refractivity contribution in [3.8, 4) is 11.5 Å². The fourth-order valence-electron chi connectivity index (χ4n) is 1.53. The Morgan fingerprint density at radius 2 is 1.89 bits per heavy atom. The lowest BCUT2D eigenvalue weighted by molar-refractivity contribution is 0.00521. The smallest absolute Gasteiger partial charge is 0.161 e. The van der Waals surface area contributed by atoms with Gasteiger partial charge in [-0.2, -0.15) is 0 Å². The molecule has 19 heavy (non-hydrogen) atoms. The summed E-state index contributed by atoms with van der Waals surface area (Å²) < 4.78 is 16.8. The Hall–Kier alpha value is -0.740. The summed E-state index contributed by atoms with van der Waals surface area (Å²) in [6, 6.07) is 6.00. The van der Waals surface area contributed by atoms with Gasteiger partial charge < -0.3 is 14.2 Å². The number of hydrogen-bond acceptors (Lipinski definition) is 3. The van der Waals surface area contributed by atoms with Gasteiger partial charge in [0.05, 0.1) is 18.8 Å². The lowest BCUT2D eigenvalue weighted by Crippen LogP contribution is -2.25. The number of alkyl halides is 1. The maximum Gasteiger partial charge on any atom is 0.161 e. The molecule has 0 bridgehead atoms. The molecule has 0 spiro atoms. The van der Waals surface area contributed by atoms with Crippen LogP contribution in [0.2, 0.25) is 0 Å². The molecular formula is C15H23BrO3. The number of hydrogen-bond donors (Lipinski definition) is 0. The molecule has 1 aromatic rings. The van der Waals surface area contributed by atoms with Crippen LogP contribution in [0.3, 0.4) is 0 Å². The third-order valence-electron chi connectivity index (χ3n) is 2.98. The van der Waals surface area contributed by atoms with Crippen LogP contribution in [0.15, 0.2) is 18.2 Å². The second kappa shape index (κ2) is 7.75. The predicted octanol–water partition coefficient (Wildman–Crippen LogP) is 4.17. The average molecular weight is 331 g/mol. The number of methoxy groups -OCH3 is 1. The van der Waals surface area contributed by atoms with Crippen molar-refractivity contribution in [2.75, 3.05) is 20.3 Å². The van der Waals surface area contributed by atoms with Gasteiger partial charge in [-0.25, -0.2) is 0 Å². The topological polar surface area (TPSA) is 27.7 Å². The van der Waals surface area contributed by atoms with Crippen LogP contribution in [0.1, 0.15) is 32.8 Å². The molecule has 0 saturated heterocycles. The quantitative estimate of drug-likeness (QED) is 0.669. The predicted molar refractivity (Wildman–Crippen MR) is 81.4 cm³/mol. The third kappa shape index (κ3) is 5.41. The Balaban J connectivity index is 2.66. The van der Waals surface area contributed by atoms with Crippen molar-refractivity contribution < 1.29 is 14.2 Å². The molecule has 0 radical (unpaired) electrons. The third-order valence-corrected chi connectivity index (χ3v) is 3.62. The highest BCUT2D eigenvalue weighted by Gasteiger charge is 2.16. The summed E-state index contributed by atoms with van der Waals surface area (Å²) in [5.74, 6) is 1.59. The van der Waals surface area contributed by atoms with Crippen LogP contribution in [-0.4, -0.2) is 25.9 Å². The molecule has 0 atom stereocenters. The molecule has 0 aliphatic rings. The second-order valence-electron chi connectivity index (χ2n) is 4.91. The van der Waals surface area contributed by atoms with E-state index in [-0.39, 0.29) is 5.60 Å². The SMILES string of the molecule is CCOc1cc(CBr)ccc1OCCC(C)(C)OC. The van der Waals surface area contributed by atoms with Crippen LogP contribution in [-0.2, 0) is 10.1 Å². The minimum atomic E-state index is -0.165. The Kier molecular flexibility index (Phi) is 6.66. The Morgan fingerprint density at radius 1 is 1.16 bits per heavy atom. The molecule has 0 saturated carbocycles. The van der Waals surface area contributed by atoms with Crippen molar-refractivity contribution in [3.05, 3.63) is 23.8 Å².